The van der Waals surface area contributed by atoms with Gasteiger partial charge < -0.3 is 23.7 Å². The molecule has 2 aromatic rings. The summed E-state index contributed by atoms with van der Waals surface area (Å²) in [6.45, 7) is 4.15. The molecular formula is C24H29NO8. The Kier molecular flexibility index (Phi) is 9.81. The molecule has 1 heterocycles. The SMILES string of the molecule is COc1ccnc(C(=O)C[C@@H](C)C(=O)O[C@@H](C)[C@@H](OC)c2ccccc2)c1OCOC(C)=O. The first-order valence-corrected chi connectivity index (χ1v) is 10.4. The average molecular weight is 459 g/mol. The lowest BCUT2D eigenvalue weighted by Gasteiger charge is -2.24. The number of ether oxygens (including phenoxy) is 5. The molecular weight excluding hydrogens is 430 g/mol. The minimum atomic E-state index is -0.748. The summed E-state index contributed by atoms with van der Waals surface area (Å²) >= 11 is 0. The molecule has 9 nitrogen and oxygen atoms in total. The van der Waals surface area contributed by atoms with Crippen LogP contribution in [0.3, 0.4) is 0 Å². The summed E-state index contributed by atoms with van der Waals surface area (Å²) in [6, 6.07) is 10.9. The number of ketones is 1. The molecule has 1 aromatic heterocycles. The van der Waals surface area contributed by atoms with Gasteiger partial charge in [-0.05, 0) is 12.5 Å². The molecule has 1 aromatic carbocycles. The Labute approximate surface area is 193 Å². The van der Waals surface area contributed by atoms with Gasteiger partial charge in [0.25, 0.3) is 0 Å². The Morgan fingerprint density at radius 3 is 2.33 bits per heavy atom. The number of methoxy groups -OCH3 is 2. The number of hydrogen-bond donors (Lipinski definition) is 0. The molecule has 0 spiro atoms. The summed E-state index contributed by atoms with van der Waals surface area (Å²) in [5.41, 5.74) is 0.840. The van der Waals surface area contributed by atoms with Crippen LogP contribution in [0, 0.1) is 5.92 Å². The van der Waals surface area contributed by atoms with E-state index >= 15 is 0 Å². The van der Waals surface area contributed by atoms with Crippen molar-refractivity contribution >= 4 is 17.7 Å². The van der Waals surface area contributed by atoms with Crippen molar-refractivity contribution in [1.82, 2.24) is 4.98 Å². The molecule has 2 rings (SSSR count). The van der Waals surface area contributed by atoms with Crippen molar-refractivity contribution in [3.8, 4) is 11.5 Å². The Hall–Kier alpha value is -3.46. The third-order valence-electron chi connectivity index (χ3n) is 4.82. The Morgan fingerprint density at radius 2 is 1.73 bits per heavy atom. The van der Waals surface area contributed by atoms with E-state index in [2.05, 4.69) is 4.98 Å². The molecule has 0 radical (unpaired) electrons. The van der Waals surface area contributed by atoms with Crippen molar-refractivity contribution in [1.29, 1.82) is 0 Å². The second-order valence-corrected chi connectivity index (χ2v) is 7.33. The normalized spacial score (nSPS) is 13.4. The van der Waals surface area contributed by atoms with Crippen molar-refractivity contribution in [3.05, 3.63) is 53.9 Å². The van der Waals surface area contributed by atoms with Crippen LogP contribution in [0.1, 0.15) is 49.3 Å². The monoisotopic (exact) mass is 459 g/mol. The molecule has 3 atom stereocenters. The highest BCUT2D eigenvalue weighted by molar-refractivity contribution is 5.99. The summed E-state index contributed by atoms with van der Waals surface area (Å²) in [5.74, 6) is -2.00. The molecule has 0 saturated carbocycles. The van der Waals surface area contributed by atoms with Gasteiger partial charge in [0.1, 0.15) is 12.2 Å². The van der Waals surface area contributed by atoms with E-state index in [4.69, 9.17) is 23.7 Å². The van der Waals surface area contributed by atoms with Gasteiger partial charge in [0.05, 0.1) is 13.0 Å². The van der Waals surface area contributed by atoms with Gasteiger partial charge >= 0.3 is 11.9 Å². The summed E-state index contributed by atoms with van der Waals surface area (Å²) in [7, 11) is 2.95. The van der Waals surface area contributed by atoms with Crippen LogP contribution < -0.4 is 9.47 Å². The highest BCUT2D eigenvalue weighted by atomic mass is 16.7. The van der Waals surface area contributed by atoms with Crippen LogP contribution in [0.4, 0.5) is 0 Å². The van der Waals surface area contributed by atoms with Gasteiger partial charge in [-0.25, -0.2) is 4.98 Å². The predicted molar refractivity (Wildman–Crippen MR) is 118 cm³/mol. The van der Waals surface area contributed by atoms with Gasteiger partial charge in [-0.3, -0.25) is 14.4 Å². The van der Waals surface area contributed by atoms with E-state index in [1.54, 1.807) is 21.0 Å². The number of carbonyl (C=O) groups is 3. The summed E-state index contributed by atoms with van der Waals surface area (Å²) in [6.07, 6.45) is 0.205. The molecule has 0 aliphatic rings. The molecule has 178 valence electrons. The number of pyridine rings is 1. The third-order valence-corrected chi connectivity index (χ3v) is 4.82. The standard InChI is InChI=1S/C24H29NO8/c1-15(24(28)33-16(2)22(30-5)18-9-7-6-8-10-18)13-19(27)21-23(32-14-31-17(3)26)20(29-4)11-12-25-21/h6-12,15-16,22H,13-14H2,1-5H3/t15-,16+,22-/m1/s1. The topological polar surface area (TPSA) is 110 Å². The summed E-state index contributed by atoms with van der Waals surface area (Å²) in [4.78, 5) is 40.6. The van der Waals surface area contributed by atoms with Crippen LogP contribution in [-0.4, -0.2) is 49.8 Å². The lowest BCUT2D eigenvalue weighted by molar-refractivity contribution is -0.159. The van der Waals surface area contributed by atoms with Crippen LogP contribution >= 0.6 is 0 Å². The van der Waals surface area contributed by atoms with Crippen molar-refractivity contribution in [2.75, 3.05) is 21.0 Å². The zero-order valence-corrected chi connectivity index (χ0v) is 19.4. The first-order valence-electron chi connectivity index (χ1n) is 10.4. The lowest BCUT2D eigenvalue weighted by Crippen LogP contribution is -2.28. The minimum absolute atomic E-state index is 0.0312. The molecule has 0 aliphatic carbocycles. The zero-order valence-electron chi connectivity index (χ0n) is 19.4. The van der Waals surface area contributed by atoms with E-state index < -0.39 is 42.6 Å². The molecule has 0 saturated heterocycles. The molecule has 0 unspecified atom stereocenters. The van der Waals surface area contributed by atoms with E-state index in [1.807, 2.05) is 30.3 Å². The number of Topliss-reactive ketones (excluding diaryl/α,β-unsaturated/α-hetero) is 1. The molecule has 0 aliphatic heterocycles. The Bertz CT molecular complexity index is 947. The fourth-order valence-electron chi connectivity index (χ4n) is 3.16. The van der Waals surface area contributed by atoms with Crippen LogP contribution in [0.5, 0.6) is 11.5 Å². The number of carbonyl (C=O) groups excluding carboxylic acids is 3. The van der Waals surface area contributed by atoms with Gasteiger partial charge in [0.2, 0.25) is 6.79 Å². The maximum absolute atomic E-state index is 12.9. The molecule has 0 bridgehead atoms. The molecule has 9 heteroatoms. The summed E-state index contributed by atoms with van der Waals surface area (Å²) < 4.78 is 26.5. The highest BCUT2D eigenvalue weighted by Gasteiger charge is 2.28. The van der Waals surface area contributed by atoms with Crippen molar-refractivity contribution < 1.29 is 38.1 Å². The van der Waals surface area contributed by atoms with Crippen LogP contribution in [0.15, 0.2) is 42.6 Å². The highest BCUT2D eigenvalue weighted by Crippen LogP contribution is 2.31. The number of hydrogen-bond acceptors (Lipinski definition) is 9. The molecule has 0 N–H and O–H groups in total. The fourth-order valence-corrected chi connectivity index (χ4v) is 3.16. The second-order valence-electron chi connectivity index (χ2n) is 7.33. The predicted octanol–water partition coefficient (Wildman–Crippen LogP) is 3.52. The Morgan fingerprint density at radius 1 is 1.03 bits per heavy atom. The van der Waals surface area contributed by atoms with Crippen LogP contribution in [0.25, 0.3) is 0 Å². The number of rotatable bonds is 12. The minimum Gasteiger partial charge on any atom is -0.493 e. The van der Waals surface area contributed by atoms with Crippen molar-refractivity contribution in [2.24, 2.45) is 5.92 Å². The maximum Gasteiger partial charge on any atom is 0.309 e. The zero-order chi connectivity index (χ0) is 24.4. The van der Waals surface area contributed by atoms with E-state index in [-0.39, 0.29) is 23.6 Å². The number of aromatic nitrogens is 1. The number of benzene rings is 1. The molecule has 0 fully saturated rings. The van der Waals surface area contributed by atoms with E-state index in [0.29, 0.717) is 0 Å². The summed E-state index contributed by atoms with van der Waals surface area (Å²) in [5, 5.41) is 0. The maximum atomic E-state index is 12.9. The second kappa shape index (κ2) is 12.5. The smallest absolute Gasteiger partial charge is 0.309 e. The number of nitrogens with zero attached hydrogens (tertiary/aromatic N) is 1. The van der Waals surface area contributed by atoms with E-state index in [9.17, 15) is 14.4 Å². The van der Waals surface area contributed by atoms with E-state index in [1.165, 1.54) is 26.3 Å². The van der Waals surface area contributed by atoms with Gasteiger partial charge in [-0.1, -0.05) is 37.3 Å². The Balaban J connectivity index is 2.07. The van der Waals surface area contributed by atoms with Crippen molar-refractivity contribution in [3.63, 3.8) is 0 Å². The third kappa shape index (κ3) is 7.28. The fraction of sp³-hybridized carbons (Fsp3) is 0.417. The molecule has 33 heavy (non-hydrogen) atoms. The first kappa shape index (κ1) is 25.8. The van der Waals surface area contributed by atoms with Crippen LogP contribution in [0.2, 0.25) is 0 Å². The van der Waals surface area contributed by atoms with E-state index in [0.717, 1.165) is 5.56 Å². The molecule has 0 amide bonds. The van der Waals surface area contributed by atoms with Gasteiger partial charge in [0, 0.05) is 32.7 Å². The van der Waals surface area contributed by atoms with Gasteiger partial charge in [0.15, 0.2) is 23.0 Å². The largest absolute Gasteiger partial charge is 0.493 e. The van der Waals surface area contributed by atoms with Gasteiger partial charge in [-0.2, -0.15) is 0 Å². The van der Waals surface area contributed by atoms with Crippen LogP contribution in [-0.2, 0) is 23.8 Å². The average Bonchev–Trinajstić information content (AvgIpc) is 2.79. The quantitative estimate of drug-likeness (QED) is 0.267. The van der Waals surface area contributed by atoms with Gasteiger partial charge in [-0.15, -0.1) is 0 Å². The number of esters is 2. The lowest BCUT2D eigenvalue weighted by atomic mass is 10.0. The van der Waals surface area contributed by atoms with Crippen molar-refractivity contribution in [2.45, 2.75) is 39.4 Å². The first-order chi connectivity index (χ1) is 15.8.